The lowest BCUT2D eigenvalue weighted by Crippen LogP contribution is -2.56. The lowest BCUT2D eigenvalue weighted by Gasteiger charge is -2.43. The Hall–Kier alpha value is -0.900. The van der Waals surface area contributed by atoms with Crippen LogP contribution in [0.3, 0.4) is 0 Å². The third kappa shape index (κ3) is 33.3. The molecule has 0 saturated heterocycles. The first-order valence-electron chi connectivity index (χ1n) is 24.5. The Morgan fingerprint density at radius 1 is 0.278 bits per heavy atom. The van der Waals surface area contributed by atoms with Crippen LogP contribution in [0.1, 0.15) is 271 Å². The molecule has 0 aliphatic rings. The first-order chi connectivity index (χ1) is 26.5. The average Bonchev–Trinajstić information content (AvgIpc) is 3.18. The summed E-state index contributed by atoms with van der Waals surface area (Å²) in [5.74, 6) is 0. The summed E-state index contributed by atoms with van der Waals surface area (Å²) in [7, 11) is 0. The molecule has 320 valence electrons. The molecule has 0 saturated carbocycles. The van der Waals surface area contributed by atoms with Crippen LogP contribution in [0.5, 0.6) is 0 Å². The fourth-order valence-electron chi connectivity index (χ4n) is 7.98. The maximum Gasteiger partial charge on any atom is 0.116 e. The predicted molar refractivity (Wildman–Crippen MR) is 241 cm³/mol. The average molecular weight is 759 g/mol. The van der Waals surface area contributed by atoms with Gasteiger partial charge >= 0.3 is 0 Å². The standard InChI is InChI=1S/C51H98O3/c1-4-7-10-13-16-19-22-25-28-31-34-37-40-43-46-50(53,47-44-41-38-35-32-29-26-23-20-17-14-11-8-5-2)51(54,49-52)48-45-42-39-36-33-30-27-24-21-18-15-12-9-6-3/h19-24,52-54H,4-18,25-49H2,1-3H3. The topological polar surface area (TPSA) is 60.7 Å². The van der Waals surface area contributed by atoms with Crippen molar-refractivity contribution in [2.75, 3.05) is 6.61 Å². The Morgan fingerprint density at radius 2 is 0.481 bits per heavy atom. The van der Waals surface area contributed by atoms with E-state index in [2.05, 4.69) is 57.2 Å². The Labute approximate surface area is 339 Å². The molecule has 0 radical (unpaired) electrons. The van der Waals surface area contributed by atoms with Crippen molar-refractivity contribution < 1.29 is 15.3 Å². The molecule has 0 rings (SSSR count). The summed E-state index contributed by atoms with van der Waals surface area (Å²) in [5.41, 5.74) is -2.60. The van der Waals surface area contributed by atoms with E-state index in [1.807, 2.05) is 0 Å². The molecule has 0 aliphatic carbocycles. The Morgan fingerprint density at radius 3 is 0.722 bits per heavy atom. The van der Waals surface area contributed by atoms with E-state index < -0.39 is 11.2 Å². The number of aliphatic hydroxyl groups is 3. The number of hydrogen-bond acceptors (Lipinski definition) is 3. The smallest absolute Gasteiger partial charge is 0.116 e. The van der Waals surface area contributed by atoms with Gasteiger partial charge in [-0.05, 0) is 96.3 Å². The monoisotopic (exact) mass is 759 g/mol. The maximum atomic E-state index is 12.1. The summed E-state index contributed by atoms with van der Waals surface area (Å²) in [6.07, 6.45) is 60.2. The van der Waals surface area contributed by atoms with Crippen LogP contribution < -0.4 is 0 Å². The summed E-state index contributed by atoms with van der Waals surface area (Å²) in [4.78, 5) is 0. The van der Waals surface area contributed by atoms with Crippen molar-refractivity contribution in [3.63, 3.8) is 0 Å². The number of aliphatic hydroxyl groups excluding tert-OH is 1. The summed E-state index contributed by atoms with van der Waals surface area (Å²) >= 11 is 0. The molecule has 0 aromatic carbocycles. The van der Waals surface area contributed by atoms with Crippen molar-refractivity contribution in [2.24, 2.45) is 0 Å². The highest BCUT2D eigenvalue weighted by Crippen LogP contribution is 2.37. The second kappa shape index (κ2) is 41.7. The van der Waals surface area contributed by atoms with Gasteiger partial charge in [0.2, 0.25) is 0 Å². The Kier molecular flexibility index (Phi) is 41.0. The highest BCUT2D eigenvalue weighted by Gasteiger charge is 2.47. The molecule has 0 bridgehead atoms. The minimum atomic E-state index is -1.40. The molecule has 54 heavy (non-hydrogen) atoms. The van der Waals surface area contributed by atoms with E-state index in [4.69, 9.17) is 0 Å². The molecule has 0 heterocycles. The van der Waals surface area contributed by atoms with Gasteiger partial charge in [-0.1, -0.05) is 211 Å². The van der Waals surface area contributed by atoms with Gasteiger partial charge in [0.05, 0.1) is 12.2 Å². The molecular weight excluding hydrogens is 661 g/mol. The van der Waals surface area contributed by atoms with Gasteiger partial charge in [-0.25, -0.2) is 0 Å². The van der Waals surface area contributed by atoms with E-state index in [-0.39, 0.29) is 6.61 Å². The summed E-state index contributed by atoms with van der Waals surface area (Å²) in [6.45, 7) is 6.47. The van der Waals surface area contributed by atoms with Crippen LogP contribution in [0.25, 0.3) is 0 Å². The maximum absolute atomic E-state index is 12.1. The predicted octanol–water partition coefficient (Wildman–Crippen LogP) is 16.4. The fourth-order valence-corrected chi connectivity index (χ4v) is 7.98. The van der Waals surface area contributed by atoms with Crippen LogP contribution in [0, 0.1) is 0 Å². The molecule has 3 nitrogen and oxygen atoms in total. The van der Waals surface area contributed by atoms with Gasteiger partial charge in [0.15, 0.2) is 0 Å². The molecular formula is C51H98O3. The van der Waals surface area contributed by atoms with Crippen molar-refractivity contribution in [1.82, 2.24) is 0 Å². The highest BCUT2D eigenvalue weighted by molar-refractivity contribution is 4.99. The van der Waals surface area contributed by atoms with E-state index in [0.717, 1.165) is 38.5 Å². The van der Waals surface area contributed by atoms with Crippen molar-refractivity contribution in [1.29, 1.82) is 0 Å². The Balaban J connectivity index is 4.59. The lowest BCUT2D eigenvalue weighted by atomic mass is 9.73. The van der Waals surface area contributed by atoms with Crippen molar-refractivity contribution in [3.8, 4) is 0 Å². The molecule has 3 heteroatoms. The van der Waals surface area contributed by atoms with Crippen LogP contribution >= 0.6 is 0 Å². The normalized spacial score (nSPS) is 14.6. The molecule has 0 aliphatic heterocycles. The SMILES string of the molecule is CCCCCCC=CCCCCCCCCC(O)(CO)C(O)(CCCCCCCCC=CCCCCCC)CCCCCCCCC=CCCCCCC. The summed E-state index contributed by atoms with van der Waals surface area (Å²) < 4.78 is 0. The molecule has 1 atom stereocenters. The number of unbranched alkanes of at least 4 members (excludes halogenated alkanes) is 30. The molecule has 0 spiro atoms. The largest absolute Gasteiger partial charge is 0.393 e. The molecule has 0 fully saturated rings. The lowest BCUT2D eigenvalue weighted by molar-refractivity contribution is -0.185. The zero-order chi connectivity index (χ0) is 39.5. The zero-order valence-corrected chi connectivity index (χ0v) is 37.1. The van der Waals surface area contributed by atoms with Gasteiger partial charge < -0.3 is 15.3 Å². The van der Waals surface area contributed by atoms with Crippen molar-refractivity contribution in [2.45, 2.75) is 282 Å². The highest BCUT2D eigenvalue weighted by atomic mass is 16.4. The molecule has 0 aromatic heterocycles. The van der Waals surface area contributed by atoms with Crippen LogP contribution in [0.4, 0.5) is 0 Å². The molecule has 0 amide bonds. The van der Waals surface area contributed by atoms with Crippen LogP contribution in [-0.4, -0.2) is 33.1 Å². The first kappa shape index (κ1) is 53.1. The number of allylic oxidation sites excluding steroid dienone is 6. The quantitative estimate of drug-likeness (QED) is 0.0428. The number of hydrogen-bond donors (Lipinski definition) is 3. The van der Waals surface area contributed by atoms with E-state index in [1.165, 1.54) is 193 Å². The van der Waals surface area contributed by atoms with Gasteiger partial charge in [-0.2, -0.15) is 0 Å². The van der Waals surface area contributed by atoms with Gasteiger partial charge in [-0.15, -0.1) is 0 Å². The van der Waals surface area contributed by atoms with Gasteiger partial charge in [0, 0.05) is 0 Å². The third-order valence-electron chi connectivity index (χ3n) is 11.9. The zero-order valence-electron chi connectivity index (χ0n) is 37.1. The van der Waals surface area contributed by atoms with E-state index in [9.17, 15) is 15.3 Å². The van der Waals surface area contributed by atoms with E-state index >= 15 is 0 Å². The van der Waals surface area contributed by atoms with Gasteiger partial charge in [0.25, 0.3) is 0 Å². The first-order valence-corrected chi connectivity index (χ1v) is 24.5. The van der Waals surface area contributed by atoms with Crippen LogP contribution in [0.2, 0.25) is 0 Å². The minimum absolute atomic E-state index is 0.341. The van der Waals surface area contributed by atoms with E-state index in [0.29, 0.717) is 19.3 Å². The van der Waals surface area contributed by atoms with Crippen LogP contribution in [-0.2, 0) is 0 Å². The van der Waals surface area contributed by atoms with Gasteiger partial charge in [-0.3, -0.25) is 0 Å². The van der Waals surface area contributed by atoms with Gasteiger partial charge in [0.1, 0.15) is 5.60 Å². The van der Waals surface area contributed by atoms with Crippen LogP contribution in [0.15, 0.2) is 36.5 Å². The molecule has 3 N–H and O–H groups in total. The third-order valence-corrected chi connectivity index (χ3v) is 11.9. The van der Waals surface area contributed by atoms with Crippen molar-refractivity contribution in [3.05, 3.63) is 36.5 Å². The second-order valence-electron chi connectivity index (χ2n) is 17.2. The summed E-state index contributed by atoms with van der Waals surface area (Å²) in [5, 5.41) is 34.4. The molecule has 1 unspecified atom stereocenters. The number of rotatable bonds is 44. The molecule has 0 aromatic rings. The summed E-state index contributed by atoms with van der Waals surface area (Å²) in [6, 6.07) is 0. The fraction of sp³-hybridized carbons (Fsp3) is 0.882. The second-order valence-corrected chi connectivity index (χ2v) is 17.2. The van der Waals surface area contributed by atoms with Crippen molar-refractivity contribution >= 4 is 0 Å². The minimum Gasteiger partial charge on any atom is -0.393 e. The van der Waals surface area contributed by atoms with E-state index in [1.54, 1.807) is 0 Å². The Bertz CT molecular complexity index is 778.